The van der Waals surface area contributed by atoms with Gasteiger partial charge in [-0.05, 0) is 67.5 Å². The van der Waals surface area contributed by atoms with Crippen LogP contribution in [-0.2, 0) is 11.0 Å². The summed E-state index contributed by atoms with van der Waals surface area (Å²) < 4.78 is 52.8. The number of benzene rings is 2. The van der Waals surface area contributed by atoms with Gasteiger partial charge in [0.2, 0.25) is 0 Å². The first-order valence-corrected chi connectivity index (χ1v) is 12.0. The first-order chi connectivity index (χ1) is 18.2. The van der Waals surface area contributed by atoms with Gasteiger partial charge in [-0.25, -0.2) is 4.39 Å². The number of allylic oxidation sites excluding steroid dienone is 5. The van der Waals surface area contributed by atoms with E-state index in [4.69, 9.17) is 5.11 Å². The van der Waals surface area contributed by atoms with Crippen LogP contribution in [0.3, 0.4) is 0 Å². The van der Waals surface area contributed by atoms with Crippen LogP contribution < -0.4 is 10.2 Å². The molecule has 10 heteroatoms. The maximum absolute atomic E-state index is 14.0. The zero-order valence-corrected chi connectivity index (χ0v) is 20.8. The van der Waals surface area contributed by atoms with Gasteiger partial charge in [-0.15, -0.1) is 0 Å². The topological polar surface area (TPSA) is 72.9 Å². The minimum atomic E-state index is -4.64. The molecule has 0 aromatic heterocycles. The molecule has 38 heavy (non-hydrogen) atoms. The monoisotopic (exact) mass is 531 g/mol. The Morgan fingerprint density at radius 2 is 1.63 bits per heavy atom. The van der Waals surface area contributed by atoms with Crippen LogP contribution in [0.4, 0.5) is 28.9 Å². The Kier molecular flexibility index (Phi) is 9.84. The number of aldehydes is 1. The van der Waals surface area contributed by atoms with E-state index in [0.717, 1.165) is 57.4 Å². The van der Waals surface area contributed by atoms with Crippen molar-refractivity contribution in [3.8, 4) is 0 Å². The van der Waals surface area contributed by atoms with Gasteiger partial charge >= 0.3 is 6.18 Å². The summed E-state index contributed by atoms with van der Waals surface area (Å²) in [4.78, 5) is 28.0. The lowest BCUT2D eigenvalue weighted by Crippen LogP contribution is -2.30. The van der Waals surface area contributed by atoms with Crippen LogP contribution in [0.1, 0.15) is 28.8 Å². The lowest BCUT2D eigenvalue weighted by atomic mass is 10.1. The molecule has 2 aliphatic rings. The SMILES string of the molecule is CO.O=CC1=CCC=C(N2CCCN(c3ccc(C(=O)Nc4cc(C(F)(F)F)ccc4F)cc3)CC2)C=C1. The molecule has 0 atom stereocenters. The second kappa shape index (κ2) is 13.0. The number of carbonyl (C=O) groups excluding carboxylic acids is 2. The van der Waals surface area contributed by atoms with Gasteiger partial charge in [-0.2, -0.15) is 13.2 Å². The van der Waals surface area contributed by atoms with E-state index < -0.39 is 29.2 Å². The van der Waals surface area contributed by atoms with Crippen LogP contribution in [0, 0.1) is 5.82 Å². The van der Waals surface area contributed by atoms with Crippen molar-refractivity contribution in [1.82, 2.24) is 4.90 Å². The third-order valence-electron chi connectivity index (χ3n) is 6.16. The van der Waals surface area contributed by atoms with E-state index in [1.165, 1.54) is 0 Å². The molecule has 1 fully saturated rings. The molecule has 2 aromatic carbocycles. The van der Waals surface area contributed by atoms with Crippen LogP contribution in [0.25, 0.3) is 0 Å². The molecule has 4 rings (SSSR count). The van der Waals surface area contributed by atoms with Crippen molar-refractivity contribution >= 4 is 23.6 Å². The minimum Gasteiger partial charge on any atom is -0.400 e. The lowest BCUT2D eigenvalue weighted by molar-refractivity contribution is -0.137. The van der Waals surface area contributed by atoms with Gasteiger partial charge in [0.25, 0.3) is 5.91 Å². The number of nitrogens with zero attached hydrogens (tertiary/aromatic N) is 2. The van der Waals surface area contributed by atoms with E-state index in [-0.39, 0.29) is 5.56 Å². The molecule has 1 aliphatic heterocycles. The van der Waals surface area contributed by atoms with Gasteiger partial charge in [0.1, 0.15) is 12.1 Å². The number of aliphatic hydroxyl groups excluding tert-OH is 1. The van der Waals surface area contributed by atoms with Crippen LogP contribution in [-0.4, -0.2) is 55.5 Å². The highest BCUT2D eigenvalue weighted by molar-refractivity contribution is 6.04. The van der Waals surface area contributed by atoms with Gasteiger partial charge in [0.05, 0.1) is 11.3 Å². The summed E-state index contributed by atoms with van der Waals surface area (Å²) in [7, 11) is 1.00. The van der Waals surface area contributed by atoms with Crippen molar-refractivity contribution in [2.24, 2.45) is 0 Å². The van der Waals surface area contributed by atoms with Gasteiger partial charge in [-0.1, -0.05) is 12.2 Å². The third-order valence-corrected chi connectivity index (χ3v) is 6.16. The molecule has 1 heterocycles. The maximum atomic E-state index is 14.0. The summed E-state index contributed by atoms with van der Waals surface area (Å²) in [5, 5.41) is 9.23. The zero-order chi connectivity index (χ0) is 27.7. The largest absolute Gasteiger partial charge is 0.416 e. The molecule has 0 spiro atoms. The van der Waals surface area contributed by atoms with Crippen LogP contribution >= 0.6 is 0 Å². The fraction of sp³-hybridized carbons (Fsp3) is 0.286. The molecule has 0 bridgehead atoms. The van der Waals surface area contributed by atoms with Crippen LogP contribution in [0.2, 0.25) is 0 Å². The predicted octanol–water partition coefficient (Wildman–Crippen LogP) is 5.19. The highest BCUT2D eigenvalue weighted by Gasteiger charge is 2.31. The number of hydrogen-bond acceptors (Lipinski definition) is 5. The number of alkyl halides is 3. The summed E-state index contributed by atoms with van der Waals surface area (Å²) >= 11 is 0. The van der Waals surface area contributed by atoms with Crippen molar-refractivity contribution in [2.45, 2.75) is 19.0 Å². The Balaban J connectivity index is 0.00000195. The molecular formula is C28H29F4N3O3. The van der Waals surface area contributed by atoms with Crippen molar-refractivity contribution < 1.29 is 32.3 Å². The molecule has 1 aliphatic carbocycles. The maximum Gasteiger partial charge on any atom is 0.416 e. The molecule has 6 nitrogen and oxygen atoms in total. The van der Waals surface area contributed by atoms with Crippen molar-refractivity contribution in [3.05, 3.63) is 95.0 Å². The predicted molar refractivity (Wildman–Crippen MR) is 138 cm³/mol. The Morgan fingerprint density at radius 1 is 0.947 bits per heavy atom. The molecule has 0 saturated carbocycles. The van der Waals surface area contributed by atoms with E-state index in [1.54, 1.807) is 24.3 Å². The summed E-state index contributed by atoms with van der Waals surface area (Å²) in [5.74, 6) is -1.64. The summed E-state index contributed by atoms with van der Waals surface area (Å²) in [6, 6.07) is 8.59. The zero-order valence-electron chi connectivity index (χ0n) is 20.8. The highest BCUT2D eigenvalue weighted by atomic mass is 19.4. The van der Waals surface area contributed by atoms with Gasteiger partial charge in [0.15, 0.2) is 0 Å². The lowest BCUT2D eigenvalue weighted by Gasteiger charge is -2.25. The average Bonchev–Trinajstić information content (AvgIpc) is 3.31. The number of rotatable bonds is 5. The van der Waals surface area contributed by atoms with E-state index >= 15 is 0 Å². The normalized spacial score (nSPS) is 15.8. The van der Waals surface area contributed by atoms with Crippen molar-refractivity contribution in [1.29, 1.82) is 0 Å². The average molecular weight is 532 g/mol. The number of amides is 1. The number of nitrogens with one attached hydrogen (secondary N) is 1. The van der Waals surface area contributed by atoms with Gasteiger partial charge < -0.3 is 20.2 Å². The molecule has 0 radical (unpaired) electrons. The van der Waals surface area contributed by atoms with E-state index in [0.29, 0.717) is 30.2 Å². The molecule has 1 amide bonds. The van der Waals surface area contributed by atoms with Crippen molar-refractivity contribution in [3.63, 3.8) is 0 Å². The highest BCUT2D eigenvalue weighted by Crippen LogP contribution is 2.32. The molecular weight excluding hydrogens is 502 g/mol. The number of carbonyl (C=O) groups is 2. The quantitative estimate of drug-likeness (QED) is 0.411. The fourth-order valence-electron chi connectivity index (χ4n) is 4.20. The first kappa shape index (κ1) is 28.6. The van der Waals surface area contributed by atoms with Gasteiger partial charge in [-0.3, -0.25) is 9.59 Å². The smallest absolute Gasteiger partial charge is 0.400 e. The third kappa shape index (κ3) is 7.32. The Hall–Kier alpha value is -3.92. The van der Waals surface area contributed by atoms with Crippen LogP contribution in [0.15, 0.2) is 78.0 Å². The Labute approximate surface area is 218 Å². The van der Waals surface area contributed by atoms with Crippen molar-refractivity contribution in [2.75, 3.05) is 43.5 Å². The fourth-order valence-corrected chi connectivity index (χ4v) is 4.20. The summed E-state index contributed by atoms with van der Waals surface area (Å²) in [5.41, 5.74) is 1.30. The second-order valence-electron chi connectivity index (χ2n) is 8.54. The standard InChI is InChI=1S/C27H25F4N3O2.CH4O/c28-24-12-8-21(27(29,30)31)17-25(24)32-26(36)20-6-10-23(11-7-20)34-14-2-13-33(15-16-34)22-4-1-3-19(18-35)5-9-22;1-2/h3-12,17-18H,1-2,13-16H2,(H,32,36);2H,1H3. The number of halogens is 4. The van der Waals surface area contributed by atoms with E-state index in [1.807, 2.05) is 18.2 Å². The Bertz CT molecular complexity index is 1220. The molecule has 1 saturated heterocycles. The summed E-state index contributed by atoms with van der Waals surface area (Å²) in [6.45, 7) is 3.21. The minimum absolute atomic E-state index is 0.208. The van der Waals surface area contributed by atoms with Gasteiger partial charge in [0, 0.05) is 55.8 Å². The number of aliphatic hydroxyl groups is 1. The molecule has 202 valence electrons. The molecule has 2 aromatic rings. The summed E-state index contributed by atoms with van der Waals surface area (Å²) in [6.07, 6.45) is 5.59. The molecule has 0 unspecified atom stereocenters. The number of anilines is 2. The number of hydrogen-bond donors (Lipinski definition) is 2. The van der Waals surface area contributed by atoms with Crippen LogP contribution in [0.5, 0.6) is 0 Å². The van der Waals surface area contributed by atoms with E-state index in [2.05, 4.69) is 21.2 Å². The van der Waals surface area contributed by atoms with E-state index in [9.17, 15) is 27.2 Å². The first-order valence-electron chi connectivity index (χ1n) is 12.0. The second-order valence-corrected chi connectivity index (χ2v) is 8.54. The molecule has 2 N–H and O–H groups in total. The Morgan fingerprint density at radius 3 is 2.32 bits per heavy atom.